The molecule has 0 spiro atoms. The van der Waals surface area contributed by atoms with Crippen molar-refractivity contribution in [3.8, 4) is 5.75 Å². The van der Waals surface area contributed by atoms with Gasteiger partial charge in [-0.1, -0.05) is 0 Å². The molecule has 1 aliphatic heterocycles. The first-order valence-electron chi connectivity index (χ1n) is 5.78. The maximum absolute atomic E-state index is 13.1. The van der Waals surface area contributed by atoms with Gasteiger partial charge in [-0.25, -0.2) is 4.39 Å². The highest BCUT2D eigenvalue weighted by Crippen LogP contribution is 2.18. The van der Waals surface area contributed by atoms with Crippen LogP contribution < -0.4 is 4.74 Å². The Morgan fingerprint density at radius 1 is 1.47 bits per heavy atom. The molecule has 1 aliphatic rings. The van der Waals surface area contributed by atoms with Crippen molar-refractivity contribution in [2.45, 2.75) is 25.4 Å². The molecule has 1 aromatic carbocycles. The van der Waals surface area contributed by atoms with Crippen molar-refractivity contribution in [2.75, 3.05) is 13.2 Å². The first-order chi connectivity index (χ1) is 8.28. The lowest BCUT2D eigenvalue weighted by atomic mass is 10.2. The maximum atomic E-state index is 13.1. The predicted octanol–water partition coefficient (Wildman–Crippen LogP) is 2.59. The van der Waals surface area contributed by atoms with E-state index >= 15 is 0 Å². The highest BCUT2D eigenvalue weighted by atomic mass is 19.1. The van der Waals surface area contributed by atoms with Crippen molar-refractivity contribution in [3.63, 3.8) is 0 Å². The summed E-state index contributed by atoms with van der Waals surface area (Å²) in [6.07, 6.45) is 3.82. The van der Waals surface area contributed by atoms with Crippen LogP contribution >= 0.6 is 0 Å². The Morgan fingerprint density at radius 3 is 3.06 bits per heavy atom. The Hall–Kier alpha value is -1.42. The zero-order valence-corrected chi connectivity index (χ0v) is 9.52. The molecule has 1 fully saturated rings. The van der Waals surface area contributed by atoms with Crippen molar-refractivity contribution in [2.24, 2.45) is 0 Å². The van der Waals surface area contributed by atoms with E-state index in [1.165, 1.54) is 18.2 Å². The molecule has 0 radical (unpaired) electrons. The van der Waals surface area contributed by atoms with Gasteiger partial charge < -0.3 is 9.47 Å². The topological polar surface area (TPSA) is 35.5 Å². The van der Waals surface area contributed by atoms with Gasteiger partial charge in [0.25, 0.3) is 0 Å². The zero-order chi connectivity index (χ0) is 12.1. The van der Waals surface area contributed by atoms with Crippen LogP contribution in [0.1, 0.15) is 29.6 Å². The van der Waals surface area contributed by atoms with E-state index in [9.17, 15) is 9.18 Å². The van der Waals surface area contributed by atoms with Crippen molar-refractivity contribution in [1.82, 2.24) is 0 Å². The molecule has 1 aromatic rings. The zero-order valence-electron chi connectivity index (χ0n) is 9.52. The highest BCUT2D eigenvalue weighted by molar-refractivity contribution is 5.75. The van der Waals surface area contributed by atoms with Crippen LogP contribution in [0, 0.1) is 5.82 Å². The maximum Gasteiger partial charge on any atom is 0.150 e. The molecule has 1 unspecified atom stereocenters. The summed E-state index contributed by atoms with van der Waals surface area (Å²) in [5.41, 5.74) is 0.289. The second kappa shape index (κ2) is 5.77. The standard InChI is InChI=1S/C13H15FO3/c14-11-6-10(9-15)7-13(8-11)17-5-3-12-2-1-4-16-12/h6-9,12H,1-5H2. The average Bonchev–Trinajstić information content (AvgIpc) is 2.81. The molecule has 1 atom stereocenters. The Morgan fingerprint density at radius 2 is 2.35 bits per heavy atom. The minimum atomic E-state index is -0.457. The molecule has 0 aliphatic carbocycles. The van der Waals surface area contributed by atoms with E-state index in [0.717, 1.165) is 25.9 Å². The van der Waals surface area contributed by atoms with Gasteiger partial charge in [-0.3, -0.25) is 4.79 Å². The fourth-order valence-electron chi connectivity index (χ4n) is 1.92. The monoisotopic (exact) mass is 238 g/mol. The number of benzene rings is 1. The van der Waals surface area contributed by atoms with E-state index in [-0.39, 0.29) is 11.7 Å². The van der Waals surface area contributed by atoms with Crippen LogP contribution in [0.2, 0.25) is 0 Å². The smallest absolute Gasteiger partial charge is 0.150 e. The van der Waals surface area contributed by atoms with Crippen LogP contribution in [0.4, 0.5) is 4.39 Å². The molecule has 17 heavy (non-hydrogen) atoms. The summed E-state index contributed by atoms with van der Waals surface area (Å²) in [6.45, 7) is 1.30. The Labute approximate surface area is 99.5 Å². The lowest BCUT2D eigenvalue weighted by Gasteiger charge is -2.10. The van der Waals surface area contributed by atoms with E-state index in [1.807, 2.05) is 0 Å². The first-order valence-corrected chi connectivity index (χ1v) is 5.78. The van der Waals surface area contributed by atoms with Crippen LogP contribution in [0.3, 0.4) is 0 Å². The number of aldehydes is 1. The summed E-state index contributed by atoms with van der Waals surface area (Å²) >= 11 is 0. The molecule has 1 heterocycles. The molecule has 4 heteroatoms. The van der Waals surface area contributed by atoms with Crippen LogP contribution in [0.25, 0.3) is 0 Å². The average molecular weight is 238 g/mol. The van der Waals surface area contributed by atoms with Gasteiger partial charge in [-0.05, 0) is 25.0 Å². The van der Waals surface area contributed by atoms with Crippen molar-refractivity contribution >= 4 is 6.29 Å². The summed E-state index contributed by atoms with van der Waals surface area (Å²) < 4.78 is 23.9. The molecule has 2 rings (SSSR count). The van der Waals surface area contributed by atoms with Crippen molar-refractivity contribution < 1.29 is 18.7 Å². The second-order valence-corrected chi connectivity index (χ2v) is 4.11. The number of rotatable bonds is 5. The van der Waals surface area contributed by atoms with Crippen LogP contribution in [0.5, 0.6) is 5.75 Å². The summed E-state index contributed by atoms with van der Waals surface area (Å²) in [7, 11) is 0. The fourth-order valence-corrected chi connectivity index (χ4v) is 1.92. The van der Waals surface area contributed by atoms with Gasteiger partial charge in [0.2, 0.25) is 0 Å². The molecule has 0 amide bonds. The largest absolute Gasteiger partial charge is 0.493 e. The van der Waals surface area contributed by atoms with E-state index < -0.39 is 5.82 Å². The molecular weight excluding hydrogens is 223 g/mol. The Balaban J connectivity index is 1.85. The number of halogens is 1. The molecule has 0 bridgehead atoms. The molecule has 1 saturated heterocycles. The number of hydrogen-bond acceptors (Lipinski definition) is 3. The summed E-state index contributed by atoms with van der Waals surface area (Å²) in [5.74, 6) is -0.0631. The predicted molar refractivity (Wildman–Crippen MR) is 60.9 cm³/mol. The third-order valence-corrected chi connectivity index (χ3v) is 2.76. The molecule has 0 aromatic heterocycles. The number of carbonyl (C=O) groups is 1. The van der Waals surface area contributed by atoms with E-state index in [1.54, 1.807) is 0 Å². The molecule has 3 nitrogen and oxygen atoms in total. The van der Waals surface area contributed by atoms with Gasteiger partial charge in [0.05, 0.1) is 12.7 Å². The van der Waals surface area contributed by atoms with Crippen molar-refractivity contribution in [3.05, 3.63) is 29.6 Å². The quantitative estimate of drug-likeness (QED) is 0.740. The Kier molecular flexibility index (Phi) is 4.09. The molecular formula is C13H15FO3. The molecule has 92 valence electrons. The lowest BCUT2D eigenvalue weighted by molar-refractivity contribution is 0.0902. The minimum absolute atomic E-state index is 0.258. The third kappa shape index (κ3) is 3.53. The second-order valence-electron chi connectivity index (χ2n) is 4.11. The van der Waals surface area contributed by atoms with Crippen LogP contribution in [-0.4, -0.2) is 25.6 Å². The Bertz CT molecular complexity index is 386. The van der Waals surface area contributed by atoms with Crippen LogP contribution in [0.15, 0.2) is 18.2 Å². The summed E-state index contributed by atoms with van der Waals surface area (Å²) in [4.78, 5) is 10.6. The van der Waals surface area contributed by atoms with E-state index in [4.69, 9.17) is 9.47 Å². The van der Waals surface area contributed by atoms with Crippen LogP contribution in [-0.2, 0) is 4.74 Å². The van der Waals surface area contributed by atoms with Gasteiger partial charge in [0, 0.05) is 24.7 Å². The summed E-state index contributed by atoms with van der Waals surface area (Å²) in [6, 6.07) is 3.99. The number of hydrogen-bond donors (Lipinski definition) is 0. The summed E-state index contributed by atoms with van der Waals surface area (Å²) in [5, 5.41) is 0. The van der Waals surface area contributed by atoms with Crippen molar-refractivity contribution in [1.29, 1.82) is 0 Å². The third-order valence-electron chi connectivity index (χ3n) is 2.76. The molecule has 0 N–H and O–H groups in total. The normalized spacial score (nSPS) is 19.2. The highest BCUT2D eigenvalue weighted by Gasteiger charge is 2.15. The van der Waals surface area contributed by atoms with E-state index in [0.29, 0.717) is 18.6 Å². The van der Waals surface area contributed by atoms with E-state index in [2.05, 4.69) is 0 Å². The lowest BCUT2D eigenvalue weighted by Crippen LogP contribution is -2.10. The van der Waals surface area contributed by atoms with Gasteiger partial charge in [-0.2, -0.15) is 0 Å². The molecule has 0 saturated carbocycles. The number of ether oxygens (including phenoxy) is 2. The van der Waals surface area contributed by atoms with Gasteiger partial charge in [0.1, 0.15) is 17.9 Å². The minimum Gasteiger partial charge on any atom is -0.493 e. The SMILES string of the molecule is O=Cc1cc(F)cc(OCCC2CCCO2)c1. The fraction of sp³-hybridized carbons (Fsp3) is 0.462. The first kappa shape index (κ1) is 12.0. The number of carbonyl (C=O) groups excluding carboxylic acids is 1. The van der Waals surface area contributed by atoms with Gasteiger partial charge in [-0.15, -0.1) is 0 Å². The van der Waals surface area contributed by atoms with Gasteiger partial charge >= 0.3 is 0 Å². The van der Waals surface area contributed by atoms with Gasteiger partial charge in [0.15, 0.2) is 0 Å².